The number of piperidine rings is 1. The molecule has 17 heavy (non-hydrogen) atoms. The van der Waals surface area contributed by atoms with E-state index in [4.69, 9.17) is 0 Å². The molecule has 0 saturated carbocycles. The van der Waals surface area contributed by atoms with Gasteiger partial charge in [0.1, 0.15) is 0 Å². The van der Waals surface area contributed by atoms with Gasteiger partial charge >= 0.3 is 0 Å². The molecule has 0 aromatic rings. The first-order chi connectivity index (χ1) is 7.78. The van der Waals surface area contributed by atoms with Crippen molar-refractivity contribution in [3.05, 3.63) is 0 Å². The maximum atomic E-state index is 10.0. The minimum Gasteiger partial charge on any atom is -0.390 e. The van der Waals surface area contributed by atoms with E-state index in [-0.39, 0.29) is 11.6 Å². The van der Waals surface area contributed by atoms with E-state index >= 15 is 0 Å². The summed E-state index contributed by atoms with van der Waals surface area (Å²) >= 11 is 0. The van der Waals surface area contributed by atoms with Crippen molar-refractivity contribution in [2.75, 3.05) is 26.2 Å². The summed E-state index contributed by atoms with van der Waals surface area (Å²) in [5.74, 6) is 1.59. The van der Waals surface area contributed by atoms with Crippen LogP contribution in [0.2, 0.25) is 0 Å². The van der Waals surface area contributed by atoms with E-state index < -0.39 is 0 Å². The van der Waals surface area contributed by atoms with Crippen LogP contribution in [0, 0.1) is 11.8 Å². The molecule has 102 valence electrons. The van der Waals surface area contributed by atoms with Gasteiger partial charge in [0.15, 0.2) is 0 Å². The zero-order chi connectivity index (χ0) is 13.1. The van der Waals surface area contributed by atoms with E-state index in [0.29, 0.717) is 6.54 Å². The molecule has 3 nitrogen and oxygen atoms in total. The minimum absolute atomic E-state index is 0.0880. The van der Waals surface area contributed by atoms with Crippen LogP contribution >= 0.6 is 0 Å². The lowest BCUT2D eigenvalue weighted by Crippen LogP contribution is -2.47. The van der Waals surface area contributed by atoms with Crippen LogP contribution in [-0.2, 0) is 0 Å². The second-order valence-electron chi connectivity index (χ2n) is 6.79. The standard InChI is InChI=1S/C14H30N2O/c1-11-6-7-16(9-12(11)2)10-13(17)8-15-14(3,4)5/h11-13,15,17H,6-10H2,1-5H3. The highest BCUT2D eigenvalue weighted by Gasteiger charge is 2.24. The molecular formula is C14H30N2O. The molecule has 2 N–H and O–H groups in total. The third kappa shape index (κ3) is 5.84. The number of rotatable bonds is 4. The van der Waals surface area contributed by atoms with Crippen molar-refractivity contribution < 1.29 is 5.11 Å². The van der Waals surface area contributed by atoms with Gasteiger partial charge in [-0.25, -0.2) is 0 Å². The summed E-state index contributed by atoms with van der Waals surface area (Å²) in [5, 5.41) is 13.4. The lowest BCUT2D eigenvalue weighted by Gasteiger charge is -2.36. The largest absolute Gasteiger partial charge is 0.390 e. The van der Waals surface area contributed by atoms with Crippen molar-refractivity contribution in [1.82, 2.24) is 10.2 Å². The molecule has 1 aliphatic heterocycles. The zero-order valence-corrected chi connectivity index (χ0v) is 12.2. The minimum atomic E-state index is -0.255. The fraction of sp³-hybridized carbons (Fsp3) is 1.00. The van der Waals surface area contributed by atoms with E-state index in [0.717, 1.165) is 31.5 Å². The van der Waals surface area contributed by atoms with E-state index in [1.807, 2.05) is 0 Å². The van der Waals surface area contributed by atoms with Gasteiger partial charge in [0.25, 0.3) is 0 Å². The van der Waals surface area contributed by atoms with Crippen LogP contribution in [0.25, 0.3) is 0 Å². The predicted molar refractivity (Wildman–Crippen MR) is 73.1 cm³/mol. The molecule has 3 unspecified atom stereocenters. The van der Waals surface area contributed by atoms with Crippen molar-refractivity contribution >= 4 is 0 Å². The quantitative estimate of drug-likeness (QED) is 0.788. The molecule has 0 aromatic heterocycles. The van der Waals surface area contributed by atoms with Crippen molar-refractivity contribution in [2.24, 2.45) is 11.8 Å². The Morgan fingerprint density at radius 3 is 2.47 bits per heavy atom. The Labute approximate surface area is 107 Å². The fourth-order valence-corrected chi connectivity index (χ4v) is 2.30. The molecule has 1 rings (SSSR count). The average Bonchev–Trinajstić information content (AvgIpc) is 2.20. The van der Waals surface area contributed by atoms with Crippen LogP contribution in [0.5, 0.6) is 0 Å². The molecule has 0 spiro atoms. The monoisotopic (exact) mass is 242 g/mol. The van der Waals surface area contributed by atoms with E-state index in [2.05, 4.69) is 44.8 Å². The van der Waals surface area contributed by atoms with Crippen LogP contribution in [-0.4, -0.2) is 47.8 Å². The van der Waals surface area contributed by atoms with E-state index in [9.17, 15) is 5.11 Å². The SMILES string of the molecule is CC1CCN(CC(O)CNC(C)(C)C)CC1C. The first kappa shape index (κ1) is 14.9. The molecule has 0 bridgehead atoms. The summed E-state index contributed by atoms with van der Waals surface area (Å²) in [6, 6.07) is 0. The Kier molecular flexibility index (Phi) is 5.42. The molecule has 1 fully saturated rings. The third-order valence-corrected chi connectivity index (χ3v) is 3.76. The normalized spacial score (nSPS) is 29.3. The maximum Gasteiger partial charge on any atom is 0.0791 e. The van der Waals surface area contributed by atoms with Crippen LogP contribution in [0.15, 0.2) is 0 Å². The Morgan fingerprint density at radius 2 is 1.94 bits per heavy atom. The first-order valence-electron chi connectivity index (χ1n) is 6.93. The highest BCUT2D eigenvalue weighted by atomic mass is 16.3. The van der Waals surface area contributed by atoms with Gasteiger partial charge in [-0.1, -0.05) is 13.8 Å². The van der Waals surface area contributed by atoms with Crippen molar-refractivity contribution in [3.8, 4) is 0 Å². The van der Waals surface area contributed by atoms with E-state index in [1.54, 1.807) is 0 Å². The Balaban J connectivity index is 2.25. The summed E-state index contributed by atoms with van der Waals surface area (Å²) in [4.78, 5) is 2.40. The number of hydrogen-bond acceptors (Lipinski definition) is 3. The molecule has 0 aliphatic carbocycles. The molecule has 0 aromatic carbocycles. The van der Waals surface area contributed by atoms with Crippen LogP contribution in [0.4, 0.5) is 0 Å². The van der Waals surface area contributed by atoms with Crippen LogP contribution in [0.3, 0.4) is 0 Å². The Bertz CT molecular complexity index is 225. The van der Waals surface area contributed by atoms with E-state index in [1.165, 1.54) is 6.42 Å². The third-order valence-electron chi connectivity index (χ3n) is 3.76. The summed E-state index contributed by atoms with van der Waals surface area (Å²) in [6.45, 7) is 14.8. The lowest BCUT2D eigenvalue weighted by molar-refractivity contribution is 0.0673. The molecule has 3 atom stereocenters. The number of hydrogen-bond donors (Lipinski definition) is 2. The second-order valence-corrected chi connectivity index (χ2v) is 6.79. The van der Waals surface area contributed by atoms with Crippen molar-refractivity contribution in [1.29, 1.82) is 0 Å². The van der Waals surface area contributed by atoms with Gasteiger partial charge in [0, 0.05) is 25.2 Å². The first-order valence-corrected chi connectivity index (χ1v) is 6.93. The van der Waals surface area contributed by atoms with Gasteiger partial charge in [-0.2, -0.15) is 0 Å². The van der Waals surface area contributed by atoms with Gasteiger partial charge in [0.2, 0.25) is 0 Å². The number of aliphatic hydroxyl groups excluding tert-OH is 1. The molecule has 0 amide bonds. The number of nitrogens with zero attached hydrogens (tertiary/aromatic N) is 1. The second kappa shape index (κ2) is 6.17. The molecule has 3 heteroatoms. The molecular weight excluding hydrogens is 212 g/mol. The molecule has 1 aliphatic rings. The summed E-state index contributed by atoms with van der Waals surface area (Å²) < 4.78 is 0. The highest BCUT2D eigenvalue weighted by molar-refractivity contribution is 4.79. The van der Waals surface area contributed by atoms with Gasteiger partial charge < -0.3 is 15.3 Å². The molecule has 1 saturated heterocycles. The van der Waals surface area contributed by atoms with Gasteiger partial charge in [-0.3, -0.25) is 0 Å². The topological polar surface area (TPSA) is 35.5 Å². The van der Waals surface area contributed by atoms with Crippen LogP contribution < -0.4 is 5.32 Å². The lowest BCUT2D eigenvalue weighted by atomic mass is 9.88. The van der Waals surface area contributed by atoms with Crippen molar-refractivity contribution in [3.63, 3.8) is 0 Å². The van der Waals surface area contributed by atoms with Gasteiger partial charge in [0.05, 0.1) is 6.10 Å². The zero-order valence-electron chi connectivity index (χ0n) is 12.2. The molecule has 0 radical (unpaired) electrons. The van der Waals surface area contributed by atoms with Crippen molar-refractivity contribution in [2.45, 2.75) is 52.7 Å². The Morgan fingerprint density at radius 1 is 1.29 bits per heavy atom. The maximum absolute atomic E-state index is 10.0. The predicted octanol–water partition coefficient (Wildman–Crippen LogP) is 1.71. The smallest absolute Gasteiger partial charge is 0.0791 e. The fourth-order valence-electron chi connectivity index (χ4n) is 2.30. The molecule has 1 heterocycles. The number of β-amino-alcohol motifs (C(OH)–C–C–N with tert-alkyl or cyclic N) is 1. The van der Waals surface area contributed by atoms with Gasteiger partial charge in [-0.15, -0.1) is 0 Å². The Hall–Kier alpha value is -0.120. The number of nitrogens with one attached hydrogen (secondary N) is 1. The average molecular weight is 242 g/mol. The summed E-state index contributed by atoms with van der Waals surface area (Å²) in [7, 11) is 0. The highest BCUT2D eigenvalue weighted by Crippen LogP contribution is 2.22. The number of likely N-dealkylation sites (tertiary alicyclic amines) is 1. The van der Waals surface area contributed by atoms with Gasteiger partial charge in [-0.05, 0) is 45.6 Å². The number of aliphatic hydroxyl groups is 1. The van der Waals surface area contributed by atoms with Crippen LogP contribution in [0.1, 0.15) is 41.0 Å². The summed E-state index contributed by atoms with van der Waals surface area (Å²) in [6.07, 6.45) is 1.01. The summed E-state index contributed by atoms with van der Waals surface area (Å²) in [5.41, 5.74) is 0.0880.